The highest BCUT2D eigenvalue weighted by Crippen LogP contribution is 2.54. The second-order valence-corrected chi connectivity index (χ2v) is 5.61. The molecule has 2 aliphatic rings. The van der Waals surface area contributed by atoms with Gasteiger partial charge in [-0.05, 0) is 31.9 Å². The summed E-state index contributed by atoms with van der Waals surface area (Å²) in [6.07, 6.45) is 5.63. The normalized spacial score (nSPS) is 30.2. The number of aryl methyl sites for hydroxylation is 1. The Hall–Kier alpha value is -1.02. The highest BCUT2D eigenvalue weighted by atomic mass is 16.5. The van der Waals surface area contributed by atoms with Gasteiger partial charge in [-0.1, -0.05) is 30.5 Å². The molecule has 0 aromatic heterocycles. The third-order valence-corrected chi connectivity index (χ3v) is 4.58. The Labute approximate surface area is 103 Å². The molecular formula is C15H20O2. The van der Waals surface area contributed by atoms with E-state index < -0.39 is 0 Å². The fraction of sp³-hybridized carbons (Fsp3) is 0.600. The SMILES string of the molecule is Cc1ccc(OC2CC(O)C23CCCC3)cc1. The van der Waals surface area contributed by atoms with Crippen LogP contribution in [0.1, 0.15) is 37.7 Å². The lowest BCUT2D eigenvalue weighted by Crippen LogP contribution is -2.58. The first-order chi connectivity index (χ1) is 8.21. The maximum atomic E-state index is 10.0. The van der Waals surface area contributed by atoms with Gasteiger partial charge in [0.1, 0.15) is 11.9 Å². The van der Waals surface area contributed by atoms with Crippen LogP contribution in [0.2, 0.25) is 0 Å². The zero-order chi connectivity index (χ0) is 11.9. The molecule has 0 amide bonds. The third-order valence-electron chi connectivity index (χ3n) is 4.58. The van der Waals surface area contributed by atoms with E-state index in [0.29, 0.717) is 0 Å². The van der Waals surface area contributed by atoms with Crippen LogP contribution in [0.5, 0.6) is 5.75 Å². The smallest absolute Gasteiger partial charge is 0.119 e. The van der Waals surface area contributed by atoms with Gasteiger partial charge in [0.25, 0.3) is 0 Å². The Bertz CT molecular complexity index is 390. The lowest BCUT2D eigenvalue weighted by molar-refractivity contribution is -0.151. The number of hydrogen-bond acceptors (Lipinski definition) is 2. The first-order valence-electron chi connectivity index (χ1n) is 6.62. The number of aliphatic hydroxyl groups excluding tert-OH is 1. The molecule has 1 aromatic carbocycles. The molecule has 2 fully saturated rings. The standard InChI is InChI=1S/C15H20O2/c1-11-4-6-12(7-5-11)17-14-10-13(16)15(14)8-2-3-9-15/h4-7,13-14,16H,2-3,8-10H2,1H3. The Kier molecular flexibility index (Phi) is 2.62. The van der Waals surface area contributed by atoms with Gasteiger partial charge in [-0.15, -0.1) is 0 Å². The van der Waals surface area contributed by atoms with Crippen LogP contribution >= 0.6 is 0 Å². The van der Waals surface area contributed by atoms with Gasteiger partial charge in [0.05, 0.1) is 6.10 Å². The van der Waals surface area contributed by atoms with Crippen LogP contribution in [-0.2, 0) is 0 Å². The number of rotatable bonds is 2. The van der Waals surface area contributed by atoms with Crippen molar-refractivity contribution in [3.63, 3.8) is 0 Å². The predicted molar refractivity (Wildman–Crippen MR) is 67.1 cm³/mol. The summed E-state index contributed by atoms with van der Waals surface area (Å²) in [6, 6.07) is 8.21. The van der Waals surface area contributed by atoms with Crippen LogP contribution in [0, 0.1) is 12.3 Å². The molecule has 2 heteroatoms. The predicted octanol–water partition coefficient (Wildman–Crippen LogP) is 3.07. The highest BCUT2D eigenvalue weighted by Gasteiger charge is 2.57. The van der Waals surface area contributed by atoms with Crippen LogP contribution in [-0.4, -0.2) is 17.3 Å². The van der Waals surface area contributed by atoms with Crippen molar-refractivity contribution >= 4 is 0 Å². The average Bonchev–Trinajstić information content (AvgIpc) is 2.83. The summed E-state index contributed by atoms with van der Waals surface area (Å²) in [6.45, 7) is 2.08. The minimum Gasteiger partial charge on any atom is -0.490 e. The second-order valence-electron chi connectivity index (χ2n) is 5.61. The van der Waals surface area contributed by atoms with Crippen LogP contribution in [0.4, 0.5) is 0 Å². The molecule has 0 aliphatic heterocycles. The minimum absolute atomic E-state index is 0.0743. The molecule has 1 N–H and O–H groups in total. The highest BCUT2D eigenvalue weighted by molar-refractivity contribution is 5.27. The summed E-state index contributed by atoms with van der Waals surface area (Å²) in [7, 11) is 0. The summed E-state index contributed by atoms with van der Waals surface area (Å²) in [5, 5.41) is 10.0. The van der Waals surface area contributed by atoms with E-state index in [1.807, 2.05) is 12.1 Å². The first-order valence-corrected chi connectivity index (χ1v) is 6.62. The van der Waals surface area contributed by atoms with Crippen molar-refractivity contribution in [2.24, 2.45) is 5.41 Å². The molecule has 2 unspecified atom stereocenters. The van der Waals surface area contributed by atoms with E-state index in [4.69, 9.17) is 4.74 Å². The number of aliphatic hydroxyl groups is 1. The lowest BCUT2D eigenvalue weighted by Gasteiger charge is -2.51. The van der Waals surface area contributed by atoms with E-state index >= 15 is 0 Å². The maximum absolute atomic E-state index is 10.0. The van der Waals surface area contributed by atoms with Crippen molar-refractivity contribution in [2.45, 2.75) is 51.2 Å². The summed E-state index contributed by atoms with van der Waals surface area (Å²) in [5.74, 6) is 0.943. The Morgan fingerprint density at radius 1 is 1.18 bits per heavy atom. The molecule has 0 radical (unpaired) electrons. The zero-order valence-electron chi connectivity index (χ0n) is 10.4. The fourth-order valence-corrected chi connectivity index (χ4v) is 3.36. The molecule has 0 heterocycles. The topological polar surface area (TPSA) is 29.5 Å². The van der Waals surface area contributed by atoms with Crippen LogP contribution < -0.4 is 4.74 Å². The molecule has 3 rings (SSSR count). The van der Waals surface area contributed by atoms with Gasteiger partial charge >= 0.3 is 0 Å². The molecule has 2 atom stereocenters. The fourth-order valence-electron chi connectivity index (χ4n) is 3.36. The van der Waals surface area contributed by atoms with Gasteiger partial charge < -0.3 is 9.84 Å². The van der Waals surface area contributed by atoms with Gasteiger partial charge in [-0.3, -0.25) is 0 Å². The summed E-state index contributed by atoms with van der Waals surface area (Å²) >= 11 is 0. The van der Waals surface area contributed by atoms with Crippen molar-refractivity contribution in [3.05, 3.63) is 29.8 Å². The molecule has 1 spiro atoms. The molecule has 0 bridgehead atoms. The van der Waals surface area contributed by atoms with Gasteiger partial charge in [0.15, 0.2) is 0 Å². The van der Waals surface area contributed by atoms with E-state index in [-0.39, 0.29) is 17.6 Å². The van der Waals surface area contributed by atoms with Crippen molar-refractivity contribution in [2.75, 3.05) is 0 Å². The van der Waals surface area contributed by atoms with E-state index in [1.165, 1.54) is 18.4 Å². The summed E-state index contributed by atoms with van der Waals surface area (Å²) < 4.78 is 6.05. The molecule has 2 aliphatic carbocycles. The number of benzene rings is 1. The zero-order valence-corrected chi connectivity index (χ0v) is 10.4. The number of ether oxygens (including phenoxy) is 1. The third kappa shape index (κ3) is 1.75. The summed E-state index contributed by atoms with van der Waals surface area (Å²) in [4.78, 5) is 0. The van der Waals surface area contributed by atoms with Crippen molar-refractivity contribution in [1.82, 2.24) is 0 Å². The van der Waals surface area contributed by atoms with E-state index in [1.54, 1.807) is 0 Å². The molecule has 92 valence electrons. The minimum atomic E-state index is -0.138. The first kappa shape index (κ1) is 11.1. The summed E-state index contributed by atoms with van der Waals surface area (Å²) in [5.41, 5.74) is 1.33. The molecule has 0 saturated heterocycles. The number of hydrogen-bond donors (Lipinski definition) is 1. The molecule has 1 aromatic rings. The molecular weight excluding hydrogens is 212 g/mol. The quantitative estimate of drug-likeness (QED) is 0.849. The average molecular weight is 232 g/mol. The van der Waals surface area contributed by atoms with Crippen molar-refractivity contribution < 1.29 is 9.84 Å². The Balaban J connectivity index is 1.72. The van der Waals surface area contributed by atoms with Crippen LogP contribution in [0.3, 0.4) is 0 Å². The molecule has 2 nitrogen and oxygen atoms in total. The van der Waals surface area contributed by atoms with E-state index in [9.17, 15) is 5.11 Å². The van der Waals surface area contributed by atoms with Crippen molar-refractivity contribution in [3.8, 4) is 5.75 Å². The van der Waals surface area contributed by atoms with E-state index in [2.05, 4.69) is 19.1 Å². The van der Waals surface area contributed by atoms with Gasteiger partial charge in [0.2, 0.25) is 0 Å². The maximum Gasteiger partial charge on any atom is 0.119 e. The Morgan fingerprint density at radius 3 is 2.41 bits per heavy atom. The molecule has 17 heavy (non-hydrogen) atoms. The van der Waals surface area contributed by atoms with Gasteiger partial charge in [0, 0.05) is 11.8 Å². The molecule has 2 saturated carbocycles. The van der Waals surface area contributed by atoms with E-state index in [0.717, 1.165) is 25.0 Å². The largest absolute Gasteiger partial charge is 0.490 e. The Morgan fingerprint density at radius 2 is 1.82 bits per heavy atom. The lowest BCUT2D eigenvalue weighted by atomic mass is 9.62. The monoisotopic (exact) mass is 232 g/mol. The second kappa shape index (κ2) is 4.02. The van der Waals surface area contributed by atoms with Gasteiger partial charge in [-0.25, -0.2) is 0 Å². The van der Waals surface area contributed by atoms with Crippen LogP contribution in [0.25, 0.3) is 0 Å². The van der Waals surface area contributed by atoms with Crippen molar-refractivity contribution in [1.29, 1.82) is 0 Å². The van der Waals surface area contributed by atoms with Gasteiger partial charge in [-0.2, -0.15) is 0 Å². The van der Waals surface area contributed by atoms with Crippen LogP contribution in [0.15, 0.2) is 24.3 Å².